The Morgan fingerprint density at radius 2 is 2.50 bits per heavy atom. The van der Waals surface area contributed by atoms with E-state index in [-0.39, 0.29) is 0 Å². The minimum atomic E-state index is 0.444. The van der Waals surface area contributed by atoms with Crippen molar-refractivity contribution in [3.63, 3.8) is 0 Å². The fraction of sp³-hybridized carbons (Fsp3) is 0. The highest BCUT2D eigenvalue weighted by Crippen LogP contribution is 1.83. The quantitative estimate of drug-likeness (QED) is 0.442. The zero-order valence-corrected chi connectivity index (χ0v) is 3.06. The van der Waals surface area contributed by atoms with Gasteiger partial charge in [0.1, 0.15) is 0 Å². The second-order valence-corrected chi connectivity index (χ2v) is 0.956. The lowest BCUT2D eigenvalue weighted by atomic mass is 10.7. The van der Waals surface area contributed by atoms with Crippen LogP contribution in [0.15, 0.2) is 18.5 Å². The number of hydrogen-bond acceptors (Lipinski definition) is 0. The Morgan fingerprint density at radius 3 is 2.67 bits per heavy atom. The first-order valence-electron chi connectivity index (χ1n) is 1.60. The summed E-state index contributed by atoms with van der Waals surface area (Å²) >= 11 is 0. The molecule has 1 rings (SSSR count). The van der Waals surface area contributed by atoms with Gasteiger partial charge in [0, 0.05) is 18.5 Å². The predicted octanol–water partition coefficient (Wildman–Crippen LogP) is 1.02. The van der Waals surface area contributed by atoms with E-state index in [1.54, 1.807) is 0 Å². The second kappa shape index (κ2) is 1.12. The number of hydrogen-bond donors (Lipinski definition) is 0. The standard InChI is InChI=1S/C4H3FN/c5-6-3-1-2-4-6/h1,3-4H. The van der Waals surface area contributed by atoms with Gasteiger partial charge in [-0.15, -0.1) is 0 Å². The van der Waals surface area contributed by atoms with E-state index in [2.05, 4.69) is 6.07 Å². The van der Waals surface area contributed by atoms with E-state index in [4.69, 9.17) is 0 Å². The van der Waals surface area contributed by atoms with E-state index in [1.165, 1.54) is 18.5 Å². The van der Waals surface area contributed by atoms with Gasteiger partial charge in [-0.2, -0.15) is 4.79 Å². The molecule has 0 bridgehead atoms. The lowest BCUT2D eigenvalue weighted by molar-refractivity contribution is 0.371. The Bertz CT molecular complexity index is 111. The molecule has 0 fully saturated rings. The molecule has 1 aromatic rings. The maximum Gasteiger partial charge on any atom is 0.0458 e. The zero-order chi connectivity index (χ0) is 4.41. The average molecular weight is 84.1 g/mol. The Morgan fingerprint density at radius 1 is 1.67 bits per heavy atom. The molecule has 0 atom stereocenters. The highest BCUT2D eigenvalue weighted by atomic mass is 19.2. The lowest BCUT2D eigenvalue weighted by Crippen LogP contribution is -1.66. The number of nitrogens with zero attached hydrogens (tertiary/aromatic N) is 1. The molecule has 0 spiro atoms. The van der Waals surface area contributed by atoms with Gasteiger partial charge in [-0.1, -0.05) is 4.48 Å². The summed E-state index contributed by atoms with van der Waals surface area (Å²) in [6.45, 7) is 0. The maximum absolute atomic E-state index is 11.6. The van der Waals surface area contributed by atoms with Crippen LogP contribution in [-0.2, 0) is 0 Å². The van der Waals surface area contributed by atoms with E-state index in [9.17, 15) is 4.48 Å². The molecule has 1 heterocycles. The van der Waals surface area contributed by atoms with E-state index >= 15 is 0 Å². The van der Waals surface area contributed by atoms with Crippen LogP contribution in [0.4, 0.5) is 4.48 Å². The molecule has 31 valence electrons. The average Bonchev–Trinajstić information content (AvgIpc) is 1.86. The summed E-state index contributed by atoms with van der Waals surface area (Å²) in [4.78, 5) is 0.444. The monoisotopic (exact) mass is 84.0 g/mol. The van der Waals surface area contributed by atoms with Crippen LogP contribution in [0.3, 0.4) is 0 Å². The van der Waals surface area contributed by atoms with Crippen molar-refractivity contribution in [3.8, 4) is 0 Å². The largest absolute Gasteiger partial charge is 0.194 e. The van der Waals surface area contributed by atoms with Crippen molar-refractivity contribution < 1.29 is 4.48 Å². The first-order valence-corrected chi connectivity index (χ1v) is 1.60. The molecule has 0 aliphatic heterocycles. The van der Waals surface area contributed by atoms with Crippen LogP contribution in [0.25, 0.3) is 0 Å². The molecule has 1 aromatic heterocycles. The van der Waals surface area contributed by atoms with Crippen LogP contribution in [0.2, 0.25) is 0 Å². The van der Waals surface area contributed by atoms with E-state index in [0.29, 0.717) is 4.79 Å². The van der Waals surface area contributed by atoms with Gasteiger partial charge >= 0.3 is 0 Å². The summed E-state index contributed by atoms with van der Waals surface area (Å²) in [5, 5.41) is 0. The minimum absolute atomic E-state index is 0.444. The van der Waals surface area contributed by atoms with Crippen LogP contribution < -0.4 is 0 Å². The fourth-order valence-corrected chi connectivity index (χ4v) is 0.272. The van der Waals surface area contributed by atoms with Crippen molar-refractivity contribution in [1.29, 1.82) is 0 Å². The molecule has 6 heavy (non-hydrogen) atoms. The summed E-state index contributed by atoms with van der Waals surface area (Å²) in [6, 6.07) is 4.02. The third-order valence-electron chi connectivity index (χ3n) is 0.511. The van der Waals surface area contributed by atoms with Crippen molar-refractivity contribution in [1.82, 2.24) is 4.79 Å². The Labute approximate surface area is 35.0 Å². The lowest BCUT2D eigenvalue weighted by Gasteiger charge is -1.71. The smallest absolute Gasteiger partial charge is 0.0458 e. The maximum atomic E-state index is 11.6. The predicted molar refractivity (Wildman–Crippen MR) is 19.8 cm³/mol. The van der Waals surface area contributed by atoms with E-state index in [1.807, 2.05) is 0 Å². The van der Waals surface area contributed by atoms with Gasteiger partial charge in [0.15, 0.2) is 0 Å². The minimum Gasteiger partial charge on any atom is -0.194 e. The van der Waals surface area contributed by atoms with Gasteiger partial charge in [0.25, 0.3) is 0 Å². The Hall–Kier alpha value is -0.790. The van der Waals surface area contributed by atoms with Gasteiger partial charge in [-0.25, -0.2) is 0 Å². The van der Waals surface area contributed by atoms with Crippen molar-refractivity contribution in [2.45, 2.75) is 0 Å². The molecular weight excluding hydrogens is 81.0 g/mol. The number of halogens is 1. The molecule has 0 aliphatic rings. The molecule has 0 saturated carbocycles. The van der Waals surface area contributed by atoms with Gasteiger partial charge in [0.2, 0.25) is 0 Å². The van der Waals surface area contributed by atoms with E-state index in [0.717, 1.165) is 0 Å². The van der Waals surface area contributed by atoms with E-state index < -0.39 is 0 Å². The summed E-state index contributed by atoms with van der Waals surface area (Å²) in [6.07, 6.45) is 2.49. The summed E-state index contributed by atoms with van der Waals surface area (Å²) in [5.41, 5.74) is 0. The van der Waals surface area contributed by atoms with Gasteiger partial charge < -0.3 is 0 Å². The second-order valence-electron chi connectivity index (χ2n) is 0.956. The van der Waals surface area contributed by atoms with Crippen LogP contribution in [0.5, 0.6) is 0 Å². The summed E-state index contributed by atoms with van der Waals surface area (Å²) in [7, 11) is 0. The highest BCUT2D eigenvalue weighted by molar-refractivity contribution is 4.84. The highest BCUT2D eigenvalue weighted by Gasteiger charge is 1.73. The van der Waals surface area contributed by atoms with Gasteiger partial charge in [0.05, 0.1) is 0 Å². The fourth-order valence-electron chi connectivity index (χ4n) is 0.272. The molecule has 0 N–H and O–H groups in total. The van der Waals surface area contributed by atoms with Crippen molar-refractivity contribution in [3.05, 3.63) is 24.5 Å². The normalized spacial score (nSPS) is 8.83. The Balaban J connectivity index is 3.05. The van der Waals surface area contributed by atoms with Crippen LogP contribution in [0, 0.1) is 6.07 Å². The molecule has 0 amide bonds. The topological polar surface area (TPSA) is 4.93 Å². The molecule has 0 unspecified atom stereocenters. The first kappa shape index (κ1) is 3.40. The Kier molecular flexibility index (Phi) is 0.638. The molecule has 0 aliphatic carbocycles. The third-order valence-corrected chi connectivity index (χ3v) is 0.511. The van der Waals surface area contributed by atoms with Gasteiger partial charge in [-0.05, 0) is 6.07 Å². The molecule has 2 heteroatoms. The first-order chi connectivity index (χ1) is 2.89. The third kappa shape index (κ3) is 0.407. The van der Waals surface area contributed by atoms with Crippen molar-refractivity contribution in [2.24, 2.45) is 0 Å². The molecule has 0 saturated heterocycles. The number of aromatic nitrogens is 1. The number of rotatable bonds is 0. The molecule has 0 aromatic carbocycles. The van der Waals surface area contributed by atoms with Crippen molar-refractivity contribution >= 4 is 0 Å². The molecule has 1 nitrogen and oxygen atoms in total. The molecule has 1 radical (unpaired) electrons. The van der Waals surface area contributed by atoms with Gasteiger partial charge in [-0.3, -0.25) is 0 Å². The van der Waals surface area contributed by atoms with Crippen molar-refractivity contribution in [2.75, 3.05) is 0 Å². The zero-order valence-electron chi connectivity index (χ0n) is 3.06. The molecular formula is C4H3FN. The summed E-state index contributed by atoms with van der Waals surface area (Å²) < 4.78 is 11.6. The van der Waals surface area contributed by atoms with Crippen LogP contribution in [0.1, 0.15) is 0 Å². The van der Waals surface area contributed by atoms with Crippen LogP contribution >= 0.6 is 0 Å². The van der Waals surface area contributed by atoms with Crippen LogP contribution in [-0.4, -0.2) is 4.79 Å². The summed E-state index contributed by atoms with van der Waals surface area (Å²) in [5.74, 6) is 0. The SMILES string of the molecule is Fn1c[c]cc1.